The van der Waals surface area contributed by atoms with Gasteiger partial charge in [-0.15, -0.1) is 0 Å². The highest BCUT2D eigenvalue weighted by Crippen LogP contribution is 2.30. The molecular weight excluding hydrogens is 437 g/mol. The molecule has 0 radical (unpaired) electrons. The Morgan fingerprint density at radius 1 is 1.08 bits per heavy atom. The maximum absolute atomic E-state index is 12.5. The van der Waals surface area contributed by atoms with E-state index in [4.69, 9.17) is 11.6 Å². The predicted octanol–water partition coefficient (Wildman–Crippen LogP) is 3.95. The summed E-state index contributed by atoms with van der Waals surface area (Å²) in [6.07, 6.45) is 0. The molecule has 4 nitrogen and oxygen atoms in total. The average molecular weight is 456 g/mol. The smallest absolute Gasteiger partial charge is 0.255 e. The molecule has 1 N–H and O–H groups in total. The minimum Gasteiger partial charge on any atom is -0.367 e. The number of piperazine rings is 1. The van der Waals surface area contributed by atoms with Crippen molar-refractivity contribution in [3.05, 3.63) is 56.6 Å². The summed E-state index contributed by atoms with van der Waals surface area (Å²) in [5, 5.41) is 3.63. The molecule has 0 spiro atoms. The maximum atomic E-state index is 12.5. The van der Waals surface area contributed by atoms with Gasteiger partial charge in [0, 0.05) is 40.3 Å². The first kappa shape index (κ1) is 17.5. The quantitative estimate of drug-likeness (QED) is 0.712. The molecule has 1 amide bonds. The minimum atomic E-state index is -0.121. The van der Waals surface area contributed by atoms with E-state index in [1.165, 1.54) is 0 Å². The molecule has 1 saturated heterocycles. The molecular formula is C18H19ClIN3O. The molecule has 3 rings (SSSR count). The molecule has 1 aliphatic rings. The number of hydrogen-bond donors (Lipinski definition) is 1. The van der Waals surface area contributed by atoms with Gasteiger partial charge in [-0.1, -0.05) is 11.6 Å². The number of likely N-dealkylation sites (N-methyl/N-ethyl adjacent to an activating group) is 1. The van der Waals surface area contributed by atoms with Crippen LogP contribution in [0, 0.1) is 3.57 Å². The van der Waals surface area contributed by atoms with Gasteiger partial charge in [-0.2, -0.15) is 0 Å². The first-order chi connectivity index (χ1) is 11.5. The van der Waals surface area contributed by atoms with Gasteiger partial charge in [0.15, 0.2) is 0 Å². The lowest BCUT2D eigenvalue weighted by Gasteiger charge is -2.35. The second-order valence-corrected chi connectivity index (χ2v) is 7.59. The topological polar surface area (TPSA) is 35.6 Å². The second-order valence-electron chi connectivity index (χ2n) is 5.91. The zero-order valence-electron chi connectivity index (χ0n) is 13.4. The molecule has 0 bridgehead atoms. The van der Waals surface area contributed by atoms with E-state index in [1.54, 1.807) is 0 Å². The Morgan fingerprint density at radius 2 is 1.75 bits per heavy atom. The number of rotatable bonds is 3. The molecule has 1 aliphatic heterocycles. The number of nitrogens with zero attached hydrogens (tertiary/aromatic N) is 2. The highest BCUT2D eigenvalue weighted by Gasteiger charge is 2.18. The van der Waals surface area contributed by atoms with E-state index < -0.39 is 0 Å². The van der Waals surface area contributed by atoms with Crippen molar-refractivity contribution in [2.75, 3.05) is 43.4 Å². The normalized spacial score (nSPS) is 15.4. The van der Waals surface area contributed by atoms with Crippen molar-refractivity contribution in [3.8, 4) is 0 Å². The van der Waals surface area contributed by atoms with Crippen molar-refractivity contribution in [2.24, 2.45) is 0 Å². The van der Waals surface area contributed by atoms with E-state index in [0.717, 1.165) is 41.1 Å². The van der Waals surface area contributed by atoms with Crippen molar-refractivity contribution < 1.29 is 4.79 Å². The van der Waals surface area contributed by atoms with Crippen LogP contribution in [0.4, 0.5) is 11.4 Å². The second kappa shape index (κ2) is 7.72. The van der Waals surface area contributed by atoms with E-state index in [0.29, 0.717) is 10.6 Å². The SMILES string of the molecule is CN1CCN(c2ccc(Cl)cc2NC(=O)c2ccc(I)cc2)CC1. The summed E-state index contributed by atoms with van der Waals surface area (Å²) in [5.41, 5.74) is 2.42. The Bertz CT molecular complexity index is 728. The van der Waals surface area contributed by atoms with Gasteiger partial charge in [-0.25, -0.2) is 0 Å². The Balaban J connectivity index is 1.82. The van der Waals surface area contributed by atoms with Crippen LogP contribution in [0.25, 0.3) is 0 Å². The van der Waals surface area contributed by atoms with Crippen molar-refractivity contribution in [3.63, 3.8) is 0 Å². The Hall–Kier alpha value is -1.31. The van der Waals surface area contributed by atoms with Crippen molar-refractivity contribution >= 4 is 51.5 Å². The highest BCUT2D eigenvalue weighted by molar-refractivity contribution is 14.1. The highest BCUT2D eigenvalue weighted by atomic mass is 127. The fourth-order valence-electron chi connectivity index (χ4n) is 2.73. The largest absolute Gasteiger partial charge is 0.367 e. The van der Waals surface area contributed by atoms with Crippen LogP contribution in [-0.2, 0) is 0 Å². The van der Waals surface area contributed by atoms with Gasteiger partial charge < -0.3 is 15.1 Å². The molecule has 0 aliphatic carbocycles. The predicted molar refractivity (Wildman–Crippen MR) is 108 cm³/mol. The van der Waals surface area contributed by atoms with Crippen LogP contribution < -0.4 is 10.2 Å². The van der Waals surface area contributed by atoms with E-state index >= 15 is 0 Å². The van der Waals surface area contributed by atoms with Gasteiger partial charge in [0.05, 0.1) is 11.4 Å². The molecule has 6 heteroatoms. The van der Waals surface area contributed by atoms with E-state index in [9.17, 15) is 4.79 Å². The number of nitrogens with one attached hydrogen (secondary N) is 1. The standard InChI is InChI=1S/C18H19ClIN3O/c1-22-8-10-23(11-9-22)17-7-4-14(19)12-16(17)21-18(24)13-2-5-15(20)6-3-13/h2-7,12H,8-11H2,1H3,(H,21,24). The van der Waals surface area contributed by atoms with Crippen LogP contribution in [0.5, 0.6) is 0 Å². The first-order valence-corrected chi connectivity index (χ1v) is 9.28. The number of hydrogen-bond acceptors (Lipinski definition) is 3. The summed E-state index contributed by atoms with van der Waals surface area (Å²) in [7, 11) is 2.12. The molecule has 0 aromatic heterocycles. The number of anilines is 2. The molecule has 1 fully saturated rings. The number of carbonyl (C=O) groups excluding carboxylic acids is 1. The third-order valence-electron chi connectivity index (χ3n) is 4.16. The van der Waals surface area contributed by atoms with E-state index in [2.05, 4.69) is 44.8 Å². The van der Waals surface area contributed by atoms with Gasteiger partial charge in [0.2, 0.25) is 0 Å². The third kappa shape index (κ3) is 4.20. The lowest BCUT2D eigenvalue weighted by atomic mass is 10.2. The first-order valence-electron chi connectivity index (χ1n) is 7.83. The van der Waals surface area contributed by atoms with Gasteiger partial charge in [-0.05, 0) is 72.1 Å². The van der Waals surface area contributed by atoms with Crippen molar-refractivity contribution in [1.82, 2.24) is 4.90 Å². The summed E-state index contributed by atoms with van der Waals surface area (Å²) in [5.74, 6) is -0.121. The lowest BCUT2D eigenvalue weighted by Crippen LogP contribution is -2.44. The summed E-state index contributed by atoms with van der Waals surface area (Å²) in [6.45, 7) is 3.88. The molecule has 0 unspecified atom stereocenters. The number of halogens is 2. The average Bonchev–Trinajstić information content (AvgIpc) is 2.57. The van der Waals surface area contributed by atoms with E-state index in [1.807, 2.05) is 42.5 Å². The Morgan fingerprint density at radius 3 is 2.42 bits per heavy atom. The summed E-state index contributed by atoms with van der Waals surface area (Å²) in [4.78, 5) is 17.1. The van der Waals surface area contributed by atoms with Crippen LogP contribution in [0.1, 0.15) is 10.4 Å². The molecule has 126 valence electrons. The molecule has 0 saturated carbocycles. The Kier molecular flexibility index (Phi) is 5.63. The van der Waals surface area contributed by atoms with Crippen LogP contribution in [0.15, 0.2) is 42.5 Å². The van der Waals surface area contributed by atoms with Gasteiger partial charge >= 0.3 is 0 Å². The zero-order chi connectivity index (χ0) is 17.1. The fraction of sp³-hybridized carbons (Fsp3) is 0.278. The number of carbonyl (C=O) groups is 1. The van der Waals surface area contributed by atoms with Crippen LogP contribution in [0.3, 0.4) is 0 Å². The molecule has 2 aromatic rings. The van der Waals surface area contributed by atoms with Gasteiger partial charge in [-0.3, -0.25) is 4.79 Å². The van der Waals surface area contributed by atoms with Crippen molar-refractivity contribution in [2.45, 2.75) is 0 Å². The molecule has 1 heterocycles. The third-order valence-corrected chi connectivity index (χ3v) is 5.11. The molecule has 0 atom stereocenters. The molecule has 24 heavy (non-hydrogen) atoms. The van der Waals surface area contributed by atoms with Crippen LogP contribution >= 0.6 is 34.2 Å². The summed E-state index contributed by atoms with van der Waals surface area (Å²) < 4.78 is 1.10. The van der Waals surface area contributed by atoms with Crippen LogP contribution in [-0.4, -0.2) is 44.0 Å². The fourth-order valence-corrected chi connectivity index (χ4v) is 3.26. The summed E-state index contributed by atoms with van der Waals surface area (Å²) in [6, 6.07) is 13.2. The minimum absolute atomic E-state index is 0.121. The lowest BCUT2D eigenvalue weighted by molar-refractivity contribution is 0.102. The molecule has 2 aromatic carbocycles. The number of benzene rings is 2. The van der Waals surface area contributed by atoms with Crippen molar-refractivity contribution in [1.29, 1.82) is 0 Å². The van der Waals surface area contributed by atoms with E-state index in [-0.39, 0.29) is 5.91 Å². The Labute approximate surface area is 160 Å². The van der Waals surface area contributed by atoms with Gasteiger partial charge in [0.25, 0.3) is 5.91 Å². The number of amides is 1. The van der Waals surface area contributed by atoms with Crippen LogP contribution in [0.2, 0.25) is 5.02 Å². The maximum Gasteiger partial charge on any atom is 0.255 e. The summed E-state index contributed by atoms with van der Waals surface area (Å²) >= 11 is 8.37. The van der Waals surface area contributed by atoms with Gasteiger partial charge in [0.1, 0.15) is 0 Å². The monoisotopic (exact) mass is 455 g/mol. The zero-order valence-corrected chi connectivity index (χ0v) is 16.3.